The van der Waals surface area contributed by atoms with Crippen LogP contribution in [0.1, 0.15) is 34.6 Å². The van der Waals surface area contributed by atoms with Crippen molar-refractivity contribution >= 4 is 33.8 Å². The molecule has 1 N–H and O–H groups in total. The Kier molecular flexibility index (Phi) is 4.82. The Labute approximate surface area is 191 Å². The molecule has 0 aliphatic carbocycles. The van der Waals surface area contributed by atoms with Crippen LogP contribution in [-0.2, 0) is 14.1 Å². The molecule has 0 amide bonds. The predicted octanol–water partition coefficient (Wildman–Crippen LogP) is 2.76. The van der Waals surface area contributed by atoms with E-state index in [0.29, 0.717) is 39.3 Å². The zero-order valence-corrected chi connectivity index (χ0v) is 18.8. The van der Waals surface area contributed by atoms with Crippen molar-refractivity contribution in [1.82, 2.24) is 18.7 Å². The molecule has 1 aliphatic heterocycles. The second-order valence-corrected chi connectivity index (χ2v) is 9.14. The summed E-state index contributed by atoms with van der Waals surface area (Å²) in [6, 6.07) is 8.80. The van der Waals surface area contributed by atoms with E-state index in [4.69, 9.17) is 11.6 Å². The Balaban J connectivity index is 1.98. The van der Waals surface area contributed by atoms with Crippen LogP contribution in [0, 0.1) is 11.3 Å². The number of nitrogens with zero attached hydrogens (tertiary/aromatic N) is 5. The van der Waals surface area contributed by atoms with E-state index in [-0.39, 0.29) is 18.6 Å². The SMILES string of the molecule is Cn1c(=O)c2c(-c3cccc(C#N)c3)n3c(c2n(C)c1=O)C(c1nc(Cl)cs1)CC3CO. The van der Waals surface area contributed by atoms with Crippen molar-refractivity contribution in [3.05, 3.63) is 71.9 Å². The van der Waals surface area contributed by atoms with Gasteiger partial charge >= 0.3 is 5.69 Å². The Morgan fingerprint density at radius 2 is 2.09 bits per heavy atom. The highest BCUT2D eigenvalue weighted by Gasteiger charge is 2.40. The van der Waals surface area contributed by atoms with Crippen LogP contribution in [0.25, 0.3) is 22.2 Å². The minimum absolute atomic E-state index is 0.150. The molecular weight excluding hydrogens is 450 g/mol. The zero-order chi connectivity index (χ0) is 22.7. The maximum atomic E-state index is 13.4. The molecule has 0 fully saturated rings. The molecule has 0 bridgehead atoms. The van der Waals surface area contributed by atoms with E-state index in [0.717, 1.165) is 15.3 Å². The Morgan fingerprint density at radius 3 is 2.75 bits per heavy atom. The number of aryl methyl sites for hydroxylation is 1. The van der Waals surface area contributed by atoms with Crippen molar-refractivity contribution in [1.29, 1.82) is 5.26 Å². The number of nitriles is 1. The van der Waals surface area contributed by atoms with Gasteiger partial charge in [-0.25, -0.2) is 9.78 Å². The molecule has 2 atom stereocenters. The van der Waals surface area contributed by atoms with Gasteiger partial charge < -0.3 is 9.67 Å². The molecule has 10 heteroatoms. The van der Waals surface area contributed by atoms with Crippen LogP contribution in [-0.4, -0.2) is 30.4 Å². The van der Waals surface area contributed by atoms with Gasteiger partial charge in [-0.2, -0.15) is 5.26 Å². The highest BCUT2D eigenvalue weighted by molar-refractivity contribution is 7.10. The zero-order valence-electron chi connectivity index (χ0n) is 17.2. The standard InChI is InChI=1S/C22H18ClN5O3S/c1-26-19-16(21(30)27(2)22(26)31)17(12-5-3-4-11(6-12)8-24)28-13(9-29)7-14(18(19)28)20-25-15(23)10-32-20/h3-6,10,13-14,29H,7,9H2,1-2H3. The lowest BCUT2D eigenvalue weighted by atomic mass is 9.99. The van der Waals surface area contributed by atoms with Gasteiger partial charge in [0.1, 0.15) is 10.2 Å². The van der Waals surface area contributed by atoms with Crippen LogP contribution < -0.4 is 11.2 Å². The average molecular weight is 468 g/mol. The average Bonchev–Trinajstić information content (AvgIpc) is 3.48. The number of aliphatic hydroxyl groups excluding tert-OH is 1. The number of hydrogen-bond acceptors (Lipinski definition) is 6. The first-order valence-corrected chi connectivity index (χ1v) is 11.2. The van der Waals surface area contributed by atoms with Crippen LogP contribution in [0.4, 0.5) is 0 Å². The number of aliphatic hydroxyl groups is 1. The van der Waals surface area contributed by atoms with E-state index in [1.54, 1.807) is 30.6 Å². The smallest absolute Gasteiger partial charge is 0.331 e. The Hall–Kier alpha value is -3.19. The third kappa shape index (κ3) is 2.80. The van der Waals surface area contributed by atoms with Crippen LogP contribution in [0.2, 0.25) is 5.15 Å². The van der Waals surface area contributed by atoms with Gasteiger partial charge in [-0.1, -0.05) is 23.7 Å². The Morgan fingerprint density at radius 1 is 1.31 bits per heavy atom. The summed E-state index contributed by atoms with van der Waals surface area (Å²) in [6.07, 6.45) is 0.556. The molecule has 3 aromatic heterocycles. The summed E-state index contributed by atoms with van der Waals surface area (Å²) in [6.45, 7) is -0.150. The fourth-order valence-electron chi connectivity index (χ4n) is 4.73. The van der Waals surface area contributed by atoms with Gasteiger partial charge in [-0.15, -0.1) is 11.3 Å². The monoisotopic (exact) mass is 467 g/mol. The molecular formula is C22H18ClN5O3S. The molecule has 2 unspecified atom stereocenters. The van der Waals surface area contributed by atoms with Crippen LogP contribution in [0.5, 0.6) is 0 Å². The molecule has 8 nitrogen and oxygen atoms in total. The largest absolute Gasteiger partial charge is 0.394 e. The lowest BCUT2D eigenvalue weighted by molar-refractivity contribution is 0.232. The van der Waals surface area contributed by atoms with E-state index in [2.05, 4.69) is 11.1 Å². The van der Waals surface area contributed by atoms with Crippen molar-refractivity contribution in [2.75, 3.05) is 6.61 Å². The fourth-order valence-corrected chi connectivity index (χ4v) is 5.80. The molecule has 0 radical (unpaired) electrons. The number of fused-ring (bicyclic) bond motifs is 3. The second-order valence-electron chi connectivity index (χ2n) is 7.86. The fraction of sp³-hybridized carbons (Fsp3) is 0.273. The van der Waals surface area contributed by atoms with E-state index in [1.165, 1.54) is 23.0 Å². The molecule has 4 heterocycles. The van der Waals surface area contributed by atoms with Crippen molar-refractivity contribution in [2.24, 2.45) is 14.1 Å². The molecule has 1 aliphatic rings. The number of rotatable bonds is 3. The van der Waals surface area contributed by atoms with Crippen LogP contribution in [0.3, 0.4) is 0 Å². The van der Waals surface area contributed by atoms with Gasteiger partial charge in [0.25, 0.3) is 5.56 Å². The summed E-state index contributed by atoms with van der Waals surface area (Å²) in [7, 11) is 3.09. The number of halogens is 1. The molecule has 4 aromatic rings. The lowest BCUT2D eigenvalue weighted by Gasteiger charge is -2.15. The van der Waals surface area contributed by atoms with Crippen LogP contribution >= 0.6 is 22.9 Å². The highest BCUT2D eigenvalue weighted by Crippen LogP contribution is 2.49. The third-order valence-electron chi connectivity index (χ3n) is 6.12. The van der Waals surface area contributed by atoms with Gasteiger partial charge in [0, 0.05) is 25.0 Å². The molecule has 0 spiro atoms. The van der Waals surface area contributed by atoms with E-state index < -0.39 is 11.2 Å². The number of hydrogen-bond donors (Lipinski definition) is 1. The summed E-state index contributed by atoms with van der Waals surface area (Å²) < 4.78 is 4.50. The van der Waals surface area contributed by atoms with E-state index >= 15 is 0 Å². The van der Waals surface area contributed by atoms with Crippen molar-refractivity contribution < 1.29 is 5.11 Å². The third-order valence-corrected chi connectivity index (χ3v) is 7.40. The summed E-state index contributed by atoms with van der Waals surface area (Å²) in [5.74, 6) is -0.238. The normalized spacial score (nSPS) is 17.6. The number of aromatic nitrogens is 4. The minimum atomic E-state index is -0.434. The van der Waals surface area contributed by atoms with Gasteiger partial charge in [-0.3, -0.25) is 13.9 Å². The molecule has 32 heavy (non-hydrogen) atoms. The van der Waals surface area contributed by atoms with Crippen molar-refractivity contribution in [3.8, 4) is 17.3 Å². The van der Waals surface area contributed by atoms with Gasteiger partial charge in [0.2, 0.25) is 0 Å². The minimum Gasteiger partial charge on any atom is -0.394 e. The van der Waals surface area contributed by atoms with Gasteiger partial charge in [0.05, 0.1) is 52.5 Å². The maximum Gasteiger partial charge on any atom is 0.331 e. The number of thiazole rings is 1. The quantitative estimate of drug-likeness (QED) is 0.498. The first-order chi connectivity index (χ1) is 15.4. The highest BCUT2D eigenvalue weighted by atomic mass is 35.5. The van der Waals surface area contributed by atoms with Crippen molar-refractivity contribution in [3.63, 3.8) is 0 Å². The van der Waals surface area contributed by atoms with E-state index in [1.807, 2.05) is 10.6 Å². The summed E-state index contributed by atoms with van der Waals surface area (Å²) in [5.41, 5.74) is 2.13. The molecule has 0 saturated heterocycles. The molecule has 1 aromatic carbocycles. The van der Waals surface area contributed by atoms with Crippen molar-refractivity contribution in [2.45, 2.75) is 18.4 Å². The van der Waals surface area contributed by atoms with Gasteiger partial charge in [0.15, 0.2) is 0 Å². The summed E-state index contributed by atoms with van der Waals surface area (Å²) in [4.78, 5) is 30.7. The molecule has 5 rings (SSSR count). The lowest BCUT2D eigenvalue weighted by Crippen LogP contribution is -2.37. The summed E-state index contributed by atoms with van der Waals surface area (Å²) >= 11 is 7.50. The molecule has 162 valence electrons. The number of benzene rings is 1. The molecule has 0 saturated carbocycles. The topological polar surface area (TPSA) is 106 Å². The first kappa shape index (κ1) is 20.7. The van der Waals surface area contributed by atoms with Crippen LogP contribution in [0.15, 0.2) is 39.2 Å². The Bertz CT molecular complexity index is 1550. The first-order valence-electron chi connectivity index (χ1n) is 9.93. The predicted molar refractivity (Wildman–Crippen MR) is 122 cm³/mol. The van der Waals surface area contributed by atoms with E-state index in [9.17, 15) is 20.0 Å². The summed E-state index contributed by atoms with van der Waals surface area (Å²) in [5, 5.41) is 22.9. The van der Waals surface area contributed by atoms with Gasteiger partial charge in [-0.05, 0) is 18.6 Å². The second kappa shape index (κ2) is 7.45. The maximum absolute atomic E-state index is 13.4.